The van der Waals surface area contributed by atoms with Crippen molar-refractivity contribution >= 4 is 23.0 Å². The van der Waals surface area contributed by atoms with Crippen LogP contribution in [0.25, 0.3) is 22.4 Å². The first-order chi connectivity index (χ1) is 10.6. The van der Waals surface area contributed by atoms with Crippen molar-refractivity contribution in [3.05, 3.63) is 47.8 Å². The van der Waals surface area contributed by atoms with Crippen LogP contribution in [0.15, 0.2) is 36.7 Å². The number of aromatic nitrogens is 3. The van der Waals surface area contributed by atoms with E-state index in [1.54, 1.807) is 31.3 Å². The fourth-order valence-electron chi connectivity index (χ4n) is 2.16. The quantitative estimate of drug-likeness (QED) is 0.681. The van der Waals surface area contributed by atoms with Gasteiger partial charge in [-0.2, -0.15) is 0 Å². The van der Waals surface area contributed by atoms with Crippen LogP contribution in [-0.4, -0.2) is 39.0 Å². The molecule has 0 saturated heterocycles. The number of hydrogen-bond donors (Lipinski definition) is 3. The molecule has 22 heavy (non-hydrogen) atoms. The minimum Gasteiger partial charge on any atom is -0.478 e. The molecule has 0 saturated carbocycles. The van der Waals surface area contributed by atoms with E-state index in [1.165, 1.54) is 12.4 Å². The van der Waals surface area contributed by atoms with Crippen LogP contribution < -0.4 is 5.32 Å². The highest BCUT2D eigenvalue weighted by atomic mass is 16.4. The zero-order valence-electron chi connectivity index (χ0n) is 11.6. The number of nitrogens with one attached hydrogen (secondary N) is 2. The minimum absolute atomic E-state index is 0.0619. The van der Waals surface area contributed by atoms with Gasteiger partial charge in [0.25, 0.3) is 5.91 Å². The Balaban J connectivity index is 2.12. The van der Waals surface area contributed by atoms with Gasteiger partial charge in [-0.15, -0.1) is 0 Å². The van der Waals surface area contributed by atoms with Gasteiger partial charge in [0.1, 0.15) is 11.1 Å². The summed E-state index contributed by atoms with van der Waals surface area (Å²) < 4.78 is 0. The molecule has 0 fully saturated rings. The molecule has 1 amide bonds. The molecule has 0 spiro atoms. The number of carbonyl (C=O) groups is 2. The maximum Gasteiger partial charge on any atom is 0.339 e. The number of carboxylic acid groups (broad SMARTS) is 1. The number of aromatic carboxylic acids is 1. The van der Waals surface area contributed by atoms with Crippen LogP contribution in [0.1, 0.15) is 20.7 Å². The topological polar surface area (TPSA) is 108 Å². The van der Waals surface area contributed by atoms with Crippen molar-refractivity contribution in [1.29, 1.82) is 0 Å². The summed E-state index contributed by atoms with van der Waals surface area (Å²) in [4.78, 5) is 34.1. The molecule has 3 N–H and O–H groups in total. The molecule has 7 nitrogen and oxygen atoms in total. The van der Waals surface area contributed by atoms with E-state index in [9.17, 15) is 9.59 Å². The molecule has 2 heterocycles. The molecule has 0 aliphatic heterocycles. The van der Waals surface area contributed by atoms with E-state index in [0.717, 1.165) is 0 Å². The zero-order chi connectivity index (χ0) is 15.7. The number of H-pyrrole nitrogens is 1. The van der Waals surface area contributed by atoms with Crippen LogP contribution in [0, 0.1) is 0 Å². The zero-order valence-corrected chi connectivity index (χ0v) is 11.6. The Hall–Kier alpha value is -3.22. The van der Waals surface area contributed by atoms with Gasteiger partial charge in [-0.1, -0.05) is 12.1 Å². The van der Waals surface area contributed by atoms with Crippen molar-refractivity contribution in [3.8, 4) is 11.3 Å². The van der Waals surface area contributed by atoms with Gasteiger partial charge in [0.2, 0.25) is 0 Å². The average molecular weight is 296 g/mol. The molecular formula is C15H12N4O3. The summed E-state index contributed by atoms with van der Waals surface area (Å²) in [5.41, 5.74) is 2.44. The van der Waals surface area contributed by atoms with Crippen molar-refractivity contribution in [2.24, 2.45) is 0 Å². The largest absolute Gasteiger partial charge is 0.478 e. The molecular weight excluding hydrogens is 284 g/mol. The summed E-state index contributed by atoms with van der Waals surface area (Å²) >= 11 is 0. The number of benzene rings is 1. The molecule has 3 rings (SSSR count). The van der Waals surface area contributed by atoms with Gasteiger partial charge >= 0.3 is 5.97 Å². The maximum absolute atomic E-state index is 11.7. The molecule has 7 heteroatoms. The first kappa shape index (κ1) is 13.7. The third-order valence-electron chi connectivity index (χ3n) is 3.26. The molecule has 2 aromatic heterocycles. The third kappa shape index (κ3) is 2.28. The lowest BCUT2D eigenvalue weighted by Gasteiger charge is -2.04. The fraction of sp³-hybridized carbons (Fsp3) is 0.0667. The number of nitrogens with zero attached hydrogens (tertiary/aromatic N) is 2. The van der Waals surface area contributed by atoms with Gasteiger partial charge in [0.05, 0.1) is 11.9 Å². The molecule has 0 atom stereocenters. The van der Waals surface area contributed by atoms with Gasteiger partial charge in [-0.05, 0) is 12.1 Å². The first-order valence-electron chi connectivity index (χ1n) is 6.50. The second-order valence-electron chi connectivity index (χ2n) is 4.62. The Kier molecular flexibility index (Phi) is 3.30. The number of hydrogen-bond acceptors (Lipinski definition) is 4. The summed E-state index contributed by atoms with van der Waals surface area (Å²) in [5, 5.41) is 11.7. The standard InChI is InChI=1S/C15H12N4O3/c1-16-14(20)9-4-2-3-8(5-9)11-7-18-13-12(19-11)10(6-17-13)15(21)22/h2-7H,1H3,(H,16,20)(H,17,18)(H,21,22). The van der Waals surface area contributed by atoms with E-state index in [4.69, 9.17) is 5.11 Å². The van der Waals surface area contributed by atoms with Gasteiger partial charge in [-0.3, -0.25) is 4.79 Å². The SMILES string of the molecule is CNC(=O)c1cccc(-c2cnc3[nH]cc(C(=O)O)c3n2)c1. The van der Waals surface area contributed by atoms with Crippen molar-refractivity contribution < 1.29 is 14.7 Å². The van der Waals surface area contributed by atoms with Crippen LogP contribution in [0.5, 0.6) is 0 Å². The lowest BCUT2D eigenvalue weighted by Crippen LogP contribution is -2.17. The van der Waals surface area contributed by atoms with Crippen molar-refractivity contribution in [3.63, 3.8) is 0 Å². The normalized spacial score (nSPS) is 10.6. The Morgan fingerprint density at radius 2 is 2.14 bits per heavy atom. The molecule has 1 aromatic carbocycles. The lowest BCUT2D eigenvalue weighted by molar-refractivity contribution is 0.0698. The van der Waals surface area contributed by atoms with Crippen LogP contribution >= 0.6 is 0 Å². The van der Waals surface area contributed by atoms with Crippen LogP contribution in [0.4, 0.5) is 0 Å². The van der Waals surface area contributed by atoms with Crippen LogP contribution in [-0.2, 0) is 0 Å². The van der Waals surface area contributed by atoms with Crippen molar-refractivity contribution in [1.82, 2.24) is 20.3 Å². The van der Waals surface area contributed by atoms with Gasteiger partial charge in [0, 0.05) is 24.4 Å². The second kappa shape index (κ2) is 5.28. The van der Waals surface area contributed by atoms with Gasteiger partial charge < -0.3 is 15.4 Å². The highest BCUT2D eigenvalue weighted by Crippen LogP contribution is 2.22. The third-order valence-corrected chi connectivity index (χ3v) is 3.26. The number of aromatic amines is 1. The number of rotatable bonds is 3. The molecule has 0 aliphatic carbocycles. The predicted molar refractivity (Wildman–Crippen MR) is 79.7 cm³/mol. The average Bonchev–Trinajstić information content (AvgIpc) is 2.97. The Morgan fingerprint density at radius 3 is 2.86 bits per heavy atom. The Bertz CT molecular complexity index is 885. The van der Waals surface area contributed by atoms with Crippen molar-refractivity contribution in [2.45, 2.75) is 0 Å². The first-order valence-corrected chi connectivity index (χ1v) is 6.50. The molecule has 3 aromatic rings. The minimum atomic E-state index is -1.07. The second-order valence-corrected chi connectivity index (χ2v) is 4.62. The van der Waals surface area contributed by atoms with E-state index in [-0.39, 0.29) is 17.0 Å². The predicted octanol–water partition coefficient (Wildman–Crippen LogP) is 1.68. The molecule has 110 valence electrons. The summed E-state index contributed by atoms with van der Waals surface area (Å²) in [6.45, 7) is 0. The van der Waals surface area contributed by atoms with Crippen molar-refractivity contribution in [2.75, 3.05) is 7.05 Å². The molecule has 0 bridgehead atoms. The van der Waals surface area contributed by atoms with E-state index < -0.39 is 5.97 Å². The van der Waals surface area contributed by atoms with E-state index in [0.29, 0.717) is 22.5 Å². The Labute approximate surface area is 125 Å². The van der Waals surface area contributed by atoms with E-state index in [2.05, 4.69) is 20.3 Å². The van der Waals surface area contributed by atoms with Gasteiger partial charge in [0.15, 0.2) is 5.65 Å². The molecule has 0 radical (unpaired) electrons. The maximum atomic E-state index is 11.7. The smallest absolute Gasteiger partial charge is 0.339 e. The number of carbonyl (C=O) groups excluding carboxylic acids is 1. The van der Waals surface area contributed by atoms with Gasteiger partial charge in [-0.25, -0.2) is 14.8 Å². The lowest BCUT2D eigenvalue weighted by atomic mass is 10.1. The summed E-state index contributed by atoms with van der Waals surface area (Å²) in [7, 11) is 1.56. The number of fused-ring (bicyclic) bond motifs is 1. The van der Waals surface area contributed by atoms with E-state index >= 15 is 0 Å². The summed E-state index contributed by atoms with van der Waals surface area (Å²) in [6, 6.07) is 6.89. The fourth-order valence-corrected chi connectivity index (χ4v) is 2.16. The summed E-state index contributed by atoms with van der Waals surface area (Å²) in [6.07, 6.45) is 2.89. The Morgan fingerprint density at radius 1 is 1.32 bits per heavy atom. The van der Waals surface area contributed by atoms with Crippen LogP contribution in [0.3, 0.4) is 0 Å². The van der Waals surface area contributed by atoms with E-state index in [1.807, 2.05) is 0 Å². The number of amides is 1. The number of carboxylic acids is 1. The summed E-state index contributed by atoms with van der Waals surface area (Å²) in [5.74, 6) is -1.28. The molecule has 0 aliphatic rings. The van der Waals surface area contributed by atoms with Crippen LogP contribution in [0.2, 0.25) is 0 Å². The highest BCUT2D eigenvalue weighted by molar-refractivity contribution is 6.00. The highest BCUT2D eigenvalue weighted by Gasteiger charge is 2.14. The monoisotopic (exact) mass is 296 g/mol. The molecule has 0 unspecified atom stereocenters.